The third-order valence-electron chi connectivity index (χ3n) is 4.65. The Balaban J connectivity index is 1.62. The number of carbonyl (C=O) groups is 1. The molecule has 1 aliphatic rings. The Hall–Kier alpha value is -2.71. The number of carbonyl (C=O) groups excluding carboxylic acids is 1. The molecule has 1 amide bonds. The van der Waals surface area contributed by atoms with Crippen LogP contribution in [0.15, 0.2) is 63.4 Å². The summed E-state index contributed by atoms with van der Waals surface area (Å²) in [6.07, 6.45) is 0.761. The summed E-state index contributed by atoms with van der Waals surface area (Å²) in [5.41, 5.74) is 3.26. The van der Waals surface area contributed by atoms with Gasteiger partial charge < -0.3 is 10.1 Å². The lowest BCUT2D eigenvalue weighted by Crippen LogP contribution is -2.24. The van der Waals surface area contributed by atoms with Crippen molar-refractivity contribution in [2.75, 3.05) is 23.9 Å². The number of hydrogen-bond acceptors (Lipinski definition) is 6. The average Bonchev–Trinajstić information content (AvgIpc) is 3.23. The zero-order valence-corrected chi connectivity index (χ0v) is 18.3. The maximum Gasteiger partial charge on any atom is 0.272 e. The van der Waals surface area contributed by atoms with E-state index in [2.05, 4.69) is 5.32 Å². The largest absolute Gasteiger partial charge is 0.497 e. The summed E-state index contributed by atoms with van der Waals surface area (Å²) in [6.45, 7) is 2.00. The average molecular weight is 440 g/mol. The van der Waals surface area contributed by atoms with Crippen LogP contribution >= 0.6 is 23.5 Å². The van der Waals surface area contributed by atoms with Crippen molar-refractivity contribution in [1.82, 2.24) is 9.55 Å². The highest BCUT2D eigenvalue weighted by Crippen LogP contribution is 2.30. The molecular formula is C22H21N3O3S2. The highest BCUT2D eigenvalue weighted by atomic mass is 32.2. The normalized spacial score (nSPS) is 12.5. The van der Waals surface area contributed by atoms with Crippen LogP contribution in [0.5, 0.6) is 5.75 Å². The molecule has 2 aromatic carbocycles. The van der Waals surface area contributed by atoms with Crippen LogP contribution in [0.25, 0.3) is 5.69 Å². The molecule has 154 valence electrons. The van der Waals surface area contributed by atoms with Crippen LogP contribution in [0, 0.1) is 6.92 Å². The van der Waals surface area contributed by atoms with Gasteiger partial charge in [-0.2, -0.15) is 0 Å². The van der Waals surface area contributed by atoms with Gasteiger partial charge in [-0.3, -0.25) is 14.2 Å². The molecule has 6 nitrogen and oxygen atoms in total. The van der Waals surface area contributed by atoms with Crippen molar-refractivity contribution < 1.29 is 9.53 Å². The van der Waals surface area contributed by atoms with Crippen molar-refractivity contribution in [1.29, 1.82) is 0 Å². The van der Waals surface area contributed by atoms with Crippen LogP contribution in [0.3, 0.4) is 0 Å². The minimum Gasteiger partial charge on any atom is -0.497 e. The maximum atomic E-state index is 13.2. The molecule has 4 rings (SSSR count). The number of fused-ring (bicyclic) bond motifs is 1. The van der Waals surface area contributed by atoms with Gasteiger partial charge in [0.1, 0.15) is 5.75 Å². The molecular weight excluding hydrogens is 418 g/mol. The van der Waals surface area contributed by atoms with E-state index in [1.165, 1.54) is 23.5 Å². The summed E-state index contributed by atoms with van der Waals surface area (Å²) >= 11 is 2.79. The number of anilines is 1. The number of thioether (sulfide) groups is 2. The number of benzene rings is 2. The first-order valence-electron chi connectivity index (χ1n) is 9.47. The summed E-state index contributed by atoms with van der Waals surface area (Å²) in [4.78, 5) is 31.1. The monoisotopic (exact) mass is 439 g/mol. The van der Waals surface area contributed by atoms with Gasteiger partial charge in [-0.1, -0.05) is 35.5 Å². The lowest BCUT2D eigenvalue weighted by Gasteiger charge is -2.14. The van der Waals surface area contributed by atoms with E-state index in [0.717, 1.165) is 29.1 Å². The molecule has 0 atom stereocenters. The second kappa shape index (κ2) is 8.97. The molecule has 0 aliphatic carbocycles. The quantitative estimate of drug-likeness (QED) is 0.463. The molecule has 1 aliphatic heterocycles. The predicted molar refractivity (Wildman–Crippen MR) is 121 cm³/mol. The minimum atomic E-state index is -0.148. The standard InChI is InChI=1S/C22H21N3O3S2/c1-14-6-8-15(9-7-14)23-19(26)13-30-22-24-18-10-11-29-20(18)21(27)25(22)16-4-3-5-17(12-16)28-2/h3-9,12H,10-11,13H2,1-2H3,(H,23,26). The Bertz CT molecular complexity index is 1140. The summed E-state index contributed by atoms with van der Waals surface area (Å²) < 4.78 is 6.88. The van der Waals surface area contributed by atoms with E-state index in [1.807, 2.05) is 49.4 Å². The highest BCUT2D eigenvalue weighted by Gasteiger charge is 2.23. The molecule has 0 radical (unpaired) electrons. The molecule has 0 bridgehead atoms. The minimum absolute atomic E-state index is 0.0998. The third kappa shape index (κ3) is 4.39. The first-order chi connectivity index (χ1) is 14.5. The van der Waals surface area contributed by atoms with Crippen LogP contribution in [-0.4, -0.2) is 34.1 Å². The lowest BCUT2D eigenvalue weighted by atomic mass is 10.2. The van der Waals surface area contributed by atoms with E-state index in [9.17, 15) is 9.59 Å². The number of hydrogen-bond donors (Lipinski definition) is 1. The SMILES string of the molecule is COc1cccc(-n2c(SCC(=O)Nc3ccc(C)cc3)nc3c(c2=O)SCC3)c1. The van der Waals surface area contributed by atoms with Gasteiger partial charge in [0, 0.05) is 23.9 Å². The second-order valence-corrected chi connectivity index (χ2v) is 8.86. The predicted octanol–water partition coefficient (Wildman–Crippen LogP) is 3.93. The fourth-order valence-electron chi connectivity index (χ4n) is 3.13. The first-order valence-corrected chi connectivity index (χ1v) is 11.4. The zero-order chi connectivity index (χ0) is 21.1. The van der Waals surface area contributed by atoms with E-state index in [1.54, 1.807) is 17.7 Å². The second-order valence-electron chi connectivity index (χ2n) is 6.81. The van der Waals surface area contributed by atoms with E-state index in [-0.39, 0.29) is 17.2 Å². The zero-order valence-electron chi connectivity index (χ0n) is 16.7. The fourth-order valence-corrected chi connectivity index (χ4v) is 4.98. The van der Waals surface area contributed by atoms with Crippen molar-refractivity contribution in [2.24, 2.45) is 0 Å². The van der Waals surface area contributed by atoms with Gasteiger partial charge >= 0.3 is 0 Å². The van der Waals surface area contributed by atoms with Crippen LogP contribution in [0.1, 0.15) is 11.3 Å². The van der Waals surface area contributed by atoms with Gasteiger partial charge in [0.25, 0.3) is 5.56 Å². The van der Waals surface area contributed by atoms with Gasteiger partial charge in [-0.15, -0.1) is 11.8 Å². The molecule has 0 fully saturated rings. The highest BCUT2D eigenvalue weighted by molar-refractivity contribution is 8.00. The van der Waals surface area contributed by atoms with E-state index in [0.29, 0.717) is 21.5 Å². The number of amides is 1. The Morgan fingerprint density at radius 2 is 2.07 bits per heavy atom. The lowest BCUT2D eigenvalue weighted by molar-refractivity contribution is -0.113. The van der Waals surface area contributed by atoms with Gasteiger partial charge in [0.2, 0.25) is 5.91 Å². The molecule has 30 heavy (non-hydrogen) atoms. The maximum absolute atomic E-state index is 13.2. The molecule has 0 saturated heterocycles. The Labute approximate surface area is 183 Å². The number of nitrogens with zero attached hydrogens (tertiary/aromatic N) is 2. The third-order valence-corrected chi connectivity index (χ3v) is 6.69. The van der Waals surface area contributed by atoms with Crippen molar-refractivity contribution in [3.8, 4) is 11.4 Å². The Morgan fingerprint density at radius 3 is 2.83 bits per heavy atom. The van der Waals surface area contributed by atoms with Crippen LogP contribution in [0.4, 0.5) is 5.69 Å². The molecule has 3 aromatic rings. The smallest absolute Gasteiger partial charge is 0.272 e. The van der Waals surface area contributed by atoms with E-state index >= 15 is 0 Å². The number of aromatic nitrogens is 2. The molecule has 0 saturated carbocycles. The van der Waals surface area contributed by atoms with Crippen molar-refractivity contribution in [2.45, 2.75) is 23.4 Å². The molecule has 0 spiro atoms. The molecule has 0 unspecified atom stereocenters. The van der Waals surface area contributed by atoms with Gasteiger partial charge in [-0.05, 0) is 31.2 Å². The van der Waals surface area contributed by atoms with E-state index in [4.69, 9.17) is 9.72 Å². The summed E-state index contributed by atoms with van der Waals surface area (Å²) in [5, 5.41) is 3.39. The number of rotatable bonds is 6. The Kier molecular flexibility index (Phi) is 6.15. The van der Waals surface area contributed by atoms with Crippen molar-refractivity contribution in [3.05, 3.63) is 70.1 Å². The summed E-state index contributed by atoms with van der Waals surface area (Å²) in [6, 6.07) is 14.9. The van der Waals surface area contributed by atoms with Crippen molar-refractivity contribution >= 4 is 35.1 Å². The van der Waals surface area contributed by atoms with Crippen molar-refractivity contribution in [3.63, 3.8) is 0 Å². The van der Waals surface area contributed by atoms with Gasteiger partial charge in [-0.25, -0.2) is 4.98 Å². The van der Waals surface area contributed by atoms with Gasteiger partial charge in [0.05, 0.1) is 29.1 Å². The molecule has 2 heterocycles. The van der Waals surface area contributed by atoms with E-state index < -0.39 is 0 Å². The number of ether oxygens (including phenoxy) is 1. The van der Waals surface area contributed by atoms with Crippen LogP contribution in [0.2, 0.25) is 0 Å². The number of aryl methyl sites for hydroxylation is 2. The number of nitrogens with one attached hydrogen (secondary N) is 1. The molecule has 1 N–H and O–H groups in total. The van der Waals surface area contributed by atoms with Gasteiger partial charge in [0.15, 0.2) is 5.16 Å². The molecule has 8 heteroatoms. The fraction of sp³-hybridized carbons (Fsp3) is 0.227. The van der Waals surface area contributed by atoms with Crippen LogP contribution in [-0.2, 0) is 11.2 Å². The summed E-state index contributed by atoms with van der Waals surface area (Å²) in [7, 11) is 1.59. The van der Waals surface area contributed by atoms with Crippen LogP contribution < -0.4 is 15.6 Å². The summed E-state index contributed by atoms with van der Waals surface area (Å²) in [5.74, 6) is 1.50. The first kappa shape index (κ1) is 20.6. The Morgan fingerprint density at radius 1 is 1.27 bits per heavy atom. The number of methoxy groups -OCH3 is 1. The molecule has 1 aromatic heterocycles. The topological polar surface area (TPSA) is 73.2 Å².